The molecule has 1 aliphatic rings. The summed E-state index contributed by atoms with van der Waals surface area (Å²) in [7, 11) is 0. The summed E-state index contributed by atoms with van der Waals surface area (Å²) >= 11 is 0. The van der Waals surface area contributed by atoms with E-state index in [2.05, 4.69) is 5.92 Å². The number of hydrogen-bond donors (Lipinski definition) is 1. The molecule has 12 heavy (non-hydrogen) atoms. The second-order valence-corrected chi connectivity index (χ2v) is 3.10. The number of hydrogen-bond acceptors (Lipinski definition) is 2. The van der Waals surface area contributed by atoms with Gasteiger partial charge in [-0.15, -0.1) is 6.42 Å². The van der Waals surface area contributed by atoms with Crippen molar-refractivity contribution in [2.45, 2.75) is 25.9 Å². The third kappa shape index (κ3) is 1.75. The predicted molar refractivity (Wildman–Crippen MR) is 46.3 cm³/mol. The van der Waals surface area contributed by atoms with E-state index < -0.39 is 6.10 Å². The summed E-state index contributed by atoms with van der Waals surface area (Å²) in [5.41, 5.74) is 0.640. The highest BCUT2D eigenvalue weighted by Crippen LogP contribution is 2.25. The molecule has 0 heterocycles. The van der Waals surface area contributed by atoms with Gasteiger partial charge in [-0.25, -0.2) is 0 Å². The zero-order valence-corrected chi connectivity index (χ0v) is 7.08. The third-order valence-corrected chi connectivity index (χ3v) is 2.17. The number of rotatable bonds is 1. The van der Waals surface area contributed by atoms with E-state index in [-0.39, 0.29) is 11.7 Å². The van der Waals surface area contributed by atoms with Crippen molar-refractivity contribution in [2.24, 2.45) is 5.92 Å². The van der Waals surface area contributed by atoms with Crippen molar-refractivity contribution < 1.29 is 9.90 Å². The van der Waals surface area contributed by atoms with Crippen LogP contribution in [0.5, 0.6) is 0 Å². The molecule has 0 saturated carbocycles. The molecule has 1 rings (SSSR count). The lowest BCUT2D eigenvalue weighted by atomic mass is 9.84. The van der Waals surface area contributed by atoms with Crippen LogP contribution in [0.4, 0.5) is 0 Å². The molecule has 2 nitrogen and oxygen atoms in total. The Kier molecular flexibility index (Phi) is 2.67. The first-order chi connectivity index (χ1) is 5.65. The van der Waals surface area contributed by atoms with Crippen molar-refractivity contribution in [1.29, 1.82) is 0 Å². The molecule has 0 radical (unpaired) electrons. The number of allylic oxidation sites excluding steroid dienone is 1. The maximum atomic E-state index is 10.9. The molecular formula is C10H12O2. The Morgan fingerprint density at radius 2 is 2.50 bits per heavy atom. The monoisotopic (exact) mass is 164 g/mol. The molecule has 64 valence electrons. The normalized spacial score (nSPS) is 25.9. The molecular weight excluding hydrogens is 152 g/mol. The SMILES string of the molecule is C#CC1=CC(=O)CCC1C(C)O. The first kappa shape index (κ1) is 9.02. The van der Waals surface area contributed by atoms with Gasteiger partial charge in [0.15, 0.2) is 5.78 Å². The highest BCUT2D eigenvalue weighted by atomic mass is 16.3. The van der Waals surface area contributed by atoms with Crippen molar-refractivity contribution >= 4 is 5.78 Å². The van der Waals surface area contributed by atoms with Crippen LogP contribution < -0.4 is 0 Å². The summed E-state index contributed by atoms with van der Waals surface area (Å²) in [5.74, 6) is 2.49. The van der Waals surface area contributed by atoms with Gasteiger partial charge in [0.1, 0.15) is 0 Å². The molecule has 1 N–H and O–H groups in total. The van der Waals surface area contributed by atoms with Gasteiger partial charge in [0.25, 0.3) is 0 Å². The Bertz CT molecular complexity index is 256. The van der Waals surface area contributed by atoms with Crippen molar-refractivity contribution in [3.63, 3.8) is 0 Å². The Morgan fingerprint density at radius 3 is 3.00 bits per heavy atom. The molecule has 0 saturated heterocycles. The van der Waals surface area contributed by atoms with E-state index in [0.29, 0.717) is 18.4 Å². The zero-order valence-electron chi connectivity index (χ0n) is 7.08. The molecule has 2 unspecified atom stereocenters. The van der Waals surface area contributed by atoms with E-state index in [1.54, 1.807) is 6.92 Å². The van der Waals surface area contributed by atoms with Crippen LogP contribution in [-0.4, -0.2) is 17.0 Å². The second kappa shape index (κ2) is 3.55. The van der Waals surface area contributed by atoms with Crippen molar-refractivity contribution in [3.8, 4) is 12.3 Å². The van der Waals surface area contributed by atoms with Gasteiger partial charge in [0.05, 0.1) is 6.10 Å². The molecule has 0 fully saturated rings. The fourth-order valence-corrected chi connectivity index (χ4v) is 1.46. The molecule has 0 aromatic carbocycles. The van der Waals surface area contributed by atoms with E-state index in [0.717, 1.165) is 0 Å². The van der Waals surface area contributed by atoms with Gasteiger partial charge < -0.3 is 5.11 Å². The molecule has 1 aliphatic carbocycles. The number of aliphatic hydroxyl groups excluding tert-OH is 1. The largest absolute Gasteiger partial charge is 0.393 e. The molecule has 2 atom stereocenters. The minimum absolute atomic E-state index is 0.0206. The van der Waals surface area contributed by atoms with Crippen LogP contribution in [0, 0.1) is 18.3 Å². The summed E-state index contributed by atoms with van der Waals surface area (Å²) in [6, 6.07) is 0. The summed E-state index contributed by atoms with van der Waals surface area (Å²) in [4.78, 5) is 10.9. The number of carbonyl (C=O) groups is 1. The van der Waals surface area contributed by atoms with Crippen LogP contribution in [0.15, 0.2) is 11.6 Å². The van der Waals surface area contributed by atoms with Gasteiger partial charge >= 0.3 is 0 Å². The van der Waals surface area contributed by atoms with Gasteiger partial charge in [-0.05, 0) is 19.4 Å². The van der Waals surface area contributed by atoms with E-state index in [4.69, 9.17) is 6.42 Å². The highest BCUT2D eigenvalue weighted by molar-refractivity contribution is 5.92. The van der Waals surface area contributed by atoms with Crippen LogP contribution in [0.25, 0.3) is 0 Å². The Hall–Kier alpha value is -1.07. The quantitative estimate of drug-likeness (QED) is 0.585. The van der Waals surface area contributed by atoms with E-state index in [1.165, 1.54) is 6.08 Å². The van der Waals surface area contributed by atoms with Gasteiger partial charge in [-0.3, -0.25) is 4.79 Å². The Labute approximate surface area is 72.3 Å². The van der Waals surface area contributed by atoms with Gasteiger partial charge in [-0.1, -0.05) is 5.92 Å². The Morgan fingerprint density at radius 1 is 1.83 bits per heavy atom. The fourth-order valence-electron chi connectivity index (χ4n) is 1.46. The Balaban J connectivity index is 2.86. The summed E-state index contributed by atoms with van der Waals surface area (Å²) in [6.45, 7) is 1.70. The number of ketones is 1. The zero-order chi connectivity index (χ0) is 9.14. The molecule has 2 heteroatoms. The van der Waals surface area contributed by atoms with Crippen LogP contribution in [0.2, 0.25) is 0 Å². The lowest BCUT2D eigenvalue weighted by Gasteiger charge is -2.22. The van der Waals surface area contributed by atoms with Crippen LogP contribution in [-0.2, 0) is 4.79 Å². The summed E-state index contributed by atoms with van der Waals surface area (Å²) in [5, 5.41) is 9.32. The molecule has 0 bridgehead atoms. The molecule has 0 aliphatic heterocycles. The molecule has 0 aromatic rings. The minimum atomic E-state index is -0.458. The average molecular weight is 164 g/mol. The van der Waals surface area contributed by atoms with Crippen LogP contribution in [0.3, 0.4) is 0 Å². The molecule has 0 spiro atoms. The maximum absolute atomic E-state index is 10.9. The van der Waals surface area contributed by atoms with Crippen molar-refractivity contribution in [1.82, 2.24) is 0 Å². The van der Waals surface area contributed by atoms with E-state index in [9.17, 15) is 9.90 Å². The minimum Gasteiger partial charge on any atom is -0.393 e. The first-order valence-corrected chi connectivity index (χ1v) is 4.04. The third-order valence-electron chi connectivity index (χ3n) is 2.17. The summed E-state index contributed by atoms with van der Waals surface area (Å²) < 4.78 is 0. The van der Waals surface area contributed by atoms with Gasteiger partial charge in [0.2, 0.25) is 0 Å². The number of aliphatic hydroxyl groups is 1. The molecule has 0 aromatic heterocycles. The summed E-state index contributed by atoms with van der Waals surface area (Å²) in [6.07, 6.45) is 7.40. The second-order valence-electron chi connectivity index (χ2n) is 3.10. The maximum Gasteiger partial charge on any atom is 0.156 e. The van der Waals surface area contributed by atoms with E-state index >= 15 is 0 Å². The fraction of sp³-hybridized carbons (Fsp3) is 0.500. The lowest BCUT2D eigenvalue weighted by molar-refractivity contribution is -0.115. The van der Waals surface area contributed by atoms with Crippen molar-refractivity contribution in [3.05, 3.63) is 11.6 Å². The van der Waals surface area contributed by atoms with Crippen LogP contribution >= 0.6 is 0 Å². The topological polar surface area (TPSA) is 37.3 Å². The number of terminal acetylenes is 1. The van der Waals surface area contributed by atoms with Crippen LogP contribution in [0.1, 0.15) is 19.8 Å². The lowest BCUT2D eigenvalue weighted by Crippen LogP contribution is -2.23. The van der Waals surface area contributed by atoms with Gasteiger partial charge in [0, 0.05) is 17.9 Å². The average Bonchev–Trinajstić information content (AvgIpc) is 2.03. The highest BCUT2D eigenvalue weighted by Gasteiger charge is 2.23. The number of carbonyl (C=O) groups excluding carboxylic acids is 1. The van der Waals surface area contributed by atoms with Gasteiger partial charge in [-0.2, -0.15) is 0 Å². The standard InChI is InChI=1S/C10H12O2/c1-3-8-6-9(12)4-5-10(8)7(2)11/h1,6-7,10-11H,4-5H2,2H3. The first-order valence-electron chi connectivity index (χ1n) is 4.04. The van der Waals surface area contributed by atoms with Crippen molar-refractivity contribution in [2.75, 3.05) is 0 Å². The smallest absolute Gasteiger partial charge is 0.156 e. The predicted octanol–water partition coefficient (Wildman–Crippen LogP) is 0.906. The van der Waals surface area contributed by atoms with E-state index in [1.807, 2.05) is 0 Å². The molecule has 0 amide bonds.